The molecule has 1 heterocycles. The van der Waals surface area contributed by atoms with Gasteiger partial charge in [-0.2, -0.15) is 0 Å². The molecule has 0 atom stereocenters. The first kappa shape index (κ1) is 25.1. The normalized spacial score (nSPS) is 11.5. The third-order valence-corrected chi connectivity index (χ3v) is 7.29. The van der Waals surface area contributed by atoms with Crippen molar-refractivity contribution < 1.29 is 18.3 Å². The highest BCUT2D eigenvalue weighted by Crippen LogP contribution is 2.40. The van der Waals surface area contributed by atoms with Gasteiger partial charge in [-0.15, -0.1) is 0 Å². The first-order valence-corrected chi connectivity index (χ1v) is 12.2. The number of methoxy groups -OCH3 is 2. The van der Waals surface area contributed by atoms with Gasteiger partial charge in [-0.3, -0.25) is 4.57 Å². The van der Waals surface area contributed by atoms with Crippen molar-refractivity contribution in [1.29, 1.82) is 0 Å². The monoisotopic (exact) mass is 514 g/mol. The molecule has 182 valence electrons. The van der Waals surface area contributed by atoms with Gasteiger partial charge in [0.1, 0.15) is 11.6 Å². The molecule has 0 fully saturated rings. The van der Waals surface area contributed by atoms with Gasteiger partial charge in [0.2, 0.25) is 0 Å². The summed E-state index contributed by atoms with van der Waals surface area (Å²) in [6, 6.07) is 16.4. The maximum absolute atomic E-state index is 13.8. The Balaban J connectivity index is 1.79. The average molecular weight is 515 g/mol. The zero-order chi connectivity index (χ0) is 25.2. The van der Waals surface area contributed by atoms with Crippen LogP contribution in [0.1, 0.15) is 30.7 Å². The molecule has 0 unspecified atom stereocenters. The number of aromatic nitrogens is 2. The van der Waals surface area contributed by atoms with E-state index in [2.05, 4.69) is 18.8 Å². The van der Waals surface area contributed by atoms with Gasteiger partial charge < -0.3 is 9.47 Å². The molecular weight excluding hydrogens is 490 g/mol. The summed E-state index contributed by atoms with van der Waals surface area (Å²) in [7, 11) is 3.20. The summed E-state index contributed by atoms with van der Waals surface area (Å²) in [5, 5.41) is 1.17. The summed E-state index contributed by atoms with van der Waals surface area (Å²) in [4.78, 5) is 4.69. The summed E-state index contributed by atoms with van der Waals surface area (Å²) >= 11 is 7.71. The molecule has 0 saturated heterocycles. The quantitative estimate of drug-likeness (QED) is 0.229. The van der Waals surface area contributed by atoms with E-state index in [1.54, 1.807) is 32.4 Å². The van der Waals surface area contributed by atoms with E-state index in [4.69, 9.17) is 21.1 Å². The molecule has 4 rings (SSSR count). The van der Waals surface area contributed by atoms with Gasteiger partial charge in [0.15, 0.2) is 16.7 Å². The van der Waals surface area contributed by atoms with E-state index >= 15 is 0 Å². The zero-order valence-corrected chi connectivity index (χ0v) is 21.4. The molecule has 0 aliphatic rings. The molecule has 0 aliphatic heterocycles. The number of thioether (sulfide) groups is 1. The molecule has 0 N–H and O–H groups in total. The highest BCUT2D eigenvalue weighted by atomic mass is 35.5. The Hall–Kier alpha value is -3.03. The van der Waals surface area contributed by atoms with Crippen molar-refractivity contribution in [3.63, 3.8) is 0 Å². The third kappa shape index (κ3) is 5.16. The molecule has 1 aromatic heterocycles. The number of ether oxygens (including phenoxy) is 2. The molecule has 4 nitrogen and oxygen atoms in total. The van der Waals surface area contributed by atoms with Crippen LogP contribution >= 0.6 is 23.4 Å². The lowest BCUT2D eigenvalue weighted by atomic mass is 9.81. The van der Waals surface area contributed by atoms with Gasteiger partial charge in [-0.25, -0.2) is 13.8 Å². The lowest BCUT2D eigenvalue weighted by Crippen LogP contribution is -2.23. The summed E-state index contributed by atoms with van der Waals surface area (Å²) in [5.74, 6) is 1.02. The molecule has 0 radical (unpaired) electrons. The van der Waals surface area contributed by atoms with Crippen LogP contribution in [0.3, 0.4) is 0 Å². The molecule has 3 aromatic carbocycles. The van der Waals surface area contributed by atoms with Crippen LogP contribution in [0.25, 0.3) is 5.69 Å². The first-order valence-electron chi connectivity index (χ1n) is 10.9. The molecule has 0 saturated carbocycles. The first-order chi connectivity index (χ1) is 16.7. The van der Waals surface area contributed by atoms with Crippen molar-refractivity contribution in [2.45, 2.75) is 30.2 Å². The van der Waals surface area contributed by atoms with Crippen molar-refractivity contribution in [3.8, 4) is 17.2 Å². The molecule has 0 bridgehead atoms. The van der Waals surface area contributed by atoms with Crippen LogP contribution in [0.2, 0.25) is 5.02 Å². The molecule has 4 aromatic rings. The van der Waals surface area contributed by atoms with E-state index in [1.807, 2.05) is 29.0 Å². The van der Waals surface area contributed by atoms with Gasteiger partial charge in [-0.1, -0.05) is 43.3 Å². The van der Waals surface area contributed by atoms with Gasteiger partial charge in [-0.05, 0) is 65.7 Å². The van der Waals surface area contributed by atoms with E-state index in [0.29, 0.717) is 33.0 Å². The fourth-order valence-electron chi connectivity index (χ4n) is 3.89. The minimum Gasteiger partial charge on any atom is -0.493 e. The molecule has 0 aliphatic carbocycles. The van der Waals surface area contributed by atoms with Crippen LogP contribution in [-0.4, -0.2) is 23.8 Å². The second-order valence-electron chi connectivity index (χ2n) is 8.46. The van der Waals surface area contributed by atoms with E-state index in [-0.39, 0.29) is 11.6 Å². The number of imidazole rings is 1. The Morgan fingerprint density at radius 2 is 1.60 bits per heavy atom. The summed E-state index contributed by atoms with van der Waals surface area (Å²) in [6.07, 6.45) is 1.82. The van der Waals surface area contributed by atoms with Gasteiger partial charge in [0, 0.05) is 21.9 Å². The minimum atomic E-state index is -0.504. The van der Waals surface area contributed by atoms with Crippen LogP contribution in [0, 0.1) is 11.6 Å². The topological polar surface area (TPSA) is 36.3 Å². The molecule has 8 heteroatoms. The number of nitrogens with zero attached hydrogens (tertiary/aromatic N) is 2. The SMILES string of the molecule is COc1ccc(C(C)(C)c2cnc(SCc3cc(F)ccc3Cl)n2-c2ccc(F)cc2)cc1OC. The fourth-order valence-corrected chi connectivity index (χ4v) is 5.13. The molecule has 0 amide bonds. The summed E-state index contributed by atoms with van der Waals surface area (Å²) < 4.78 is 40.4. The number of benzene rings is 3. The molecule has 35 heavy (non-hydrogen) atoms. The molecule has 0 spiro atoms. The highest BCUT2D eigenvalue weighted by molar-refractivity contribution is 7.98. The van der Waals surface area contributed by atoms with E-state index in [9.17, 15) is 8.78 Å². The largest absolute Gasteiger partial charge is 0.493 e. The molecular formula is C27H25ClF2N2O2S. The second kappa shape index (κ2) is 10.3. The maximum atomic E-state index is 13.8. The predicted octanol–water partition coefficient (Wildman–Crippen LogP) is 7.44. The van der Waals surface area contributed by atoms with Crippen molar-refractivity contribution in [2.24, 2.45) is 0 Å². The van der Waals surface area contributed by atoms with Crippen LogP contribution in [0.5, 0.6) is 11.5 Å². The van der Waals surface area contributed by atoms with E-state index in [0.717, 1.165) is 16.9 Å². The Bertz CT molecular complexity index is 1340. The Morgan fingerprint density at radius 3 is 2.29 bits per heavy atom. The van der Waals surface area contributed by atoms with E-state index in [1.165, 1.54) is 36.0 Å². The number of hydrogen-bond acceptors (Lipinski definition) is 4. The van der Waals surface area contributed by atoms with E-state index < -0.39 is 5.41 Å². The predicted molar refractivity (Wildman–Crippen MR) is 136 cm³/mol. The Kier molecular flexibility index (Phi) is 7.38. The van der Waals surface area contributed by atoms with Gasteiger partial charge in [0.25, 0.3) is 0 Å². The van der Waals surface area contributed by atoms with Crippen LogP contribution in [0.15, 0.2) is 72.0 Å². The van der Waals surface area contributed by atoms with Gasteiger partial charge in [0.05, 0.1) is 26.1 Å². The average Bonchev–Trinajstić information content (AvgIpc) is 3.29. The fraction of sp³-hybridized carbons (Fsp3) is 0.222. The van der Waals surface area contributed by atoms with Crippen LogP contribution in [0.4, 0.5) is 8.78 Å². The number of halogens is 3. The standard InChI is InChI=1S/C27H25ClF2N2O2S/c1-27(2,18-5-12-23(33-3)24(14-18)34-4)25-15-31-26(32(25)21-9-6-19(29)7-10-21)35-16-17-13-20(30)8-11-22(17)28/h5-15H,16H2,1-4H3. The Morgan fingerprint density at radius 1 is 0.914 bits per heavy atom. The van der Waals surface area contributed by atoms with Crippen molar-refractivity contribution >= 4 is 23.4 Å². The minimum absolute atomic E-state index is 0.324. The van der Waals surface area contributed by atoms with Crippen molar-refractivity contribution in [1.82, 2.24) is 9.55 Å². The van der Waals surface area contributed by atoms with Gasteiger partial charge >= 0.3 is 0 Å². The summed E-state index contributed by atoms with van der Waals surface area (Å²) in [5.41, 5.74) is 2.81. The van der Waals surface area contributed by atoms with Crippen molar-refractivity contribution in [3.05, 3.63) is 100 Å². The zero-order valence-electron chi connectivity index (χ0n) is 19.8. The third-order valence-electron chi connectivity index (χ3n) is 5.92. The maximum Gasteiger partial charge on any atom is 0.173 e. The second-order valence-corrected chi connectivity index (χ2v) is 9.81. The van der Waals surface area contributed by atoms with Crippen LogP contribution < -0.4 is 9.47 Å². The number of hydrogen-bond donors (Lipinski definition) is 0. The highest BCUT2D eigenvalue weighted by Gasteiger charge is 2.30. The summed E-state index contributed by atoms with van der Waals surface area (Å²) in [6.45, 7) is 4.17. The Labute approximate surface area is 212 Å². The number of rotatable bonds is 8. The smallest absolute Gasteiger partial charge is 0.173 e. The van der Waals surface area contributed by atoms with Crippen LogP contribution in [-0.2, 0) is 11.2 Å². The van der Waals surface area contributed by atoms with Crippen molar-refractivity contribution in [2.75, 3.05) is 14.2 Å². The lowest BCUT2D eigenvalue weighted by molar-refractivity contribution is 0.353. The lowest BCUT2D eigenvalue weighted by Gasteiger charge is -2.28.